The second-order valence-electron chi connectivity index (χ2n) is 3.21. The standard InChI is InChI=1S/C15H18O2S/c1-5-9-13-15(12-8-4)18(16,17)14(10-6-2)11-7-3/h5-13H,1-2,4H2,3H3/b11-7-,13-9-,14-10+,15-12+. The van der Waals surface area contributed by atoms with Crippen molar-refractivity contribution in [2.24, 2.45) is 0 Å². The van der Waals surface area contributed by atoms with Gasteiger partial charge in [0, 0.05) is 0 Å². The fraction of sp³-hybridized carbons (Fsp3) is 0.0667. The molecular formula is C15H18O2S. The summed E-state index contributed by atoms with van der Waals surface area (Å²) in [5, 5.41) is 0. The van der Waals surface area contributed by atoms with Crippen LogP contribution in [0.2, 0.25) is 0 Å². The van der Waals surface area contributed by atoms with Crippen LogP contribution in [0.3, 0.4) is 0 Å². The van der Waals surface area contributed by atoms with Crippen LogP contribution in [0, 0.1) is 0 Å². The lowest BCUT2D eigenvalue weighted by atomic mass is 10.4. The van der Waals surface area contributed by atoms with E-state index in [2.05, 4.69) is 19.7 Å². The molecule has 0 atom stereocenters. The van der Waals surface area contributed by atoms with Gasteiger partial charge in [-0.2, -0.15) is 0 Å². The van der Waals surface area contributed by atoms with Gasteiger partial charge < -0.3 is 0 Å². The van der Waals surface area contributed by atoms with Gasteiger partial charge in [-0.1, -0.05) is 50.1 Å². The summed E-state index contributed by atoms with van der Waals surface area (Å²) < 4.78 is 24.7. The Labute approximate surface area is 110 Å². The van der Waals surface area contributed by atoms with Crippen molar-refractivity contribution in [2.75, 3.05) is 0 Å². The van der Waals surface area contributed by atoms with Crippen molar-refractivity contribution >= 4 is 9.84 Å². The molecule has 0 rings (SSSR count). The summed E-state index contributed by atoms with van der Waals surface area (Å²) in [5.41, 5.74) is 0. The summed E-state index contributed by atoms with van der Waals surface area (Å²) in [6, 6.07) is 0. The van der Waals surface area contributed by atoms with Gasteiger partial charge in [0.2, 0.25) is 9.84 Å². The van der Waals surface area contributed by atoms with Crippen LogP contribution in [0.25, 0.3) is 0 Å². The van der Waals surface area contributed by atoms with E-state index in [1.54, 1.807) is 19.1 Å². The van der Waals surface area contributed by atoms with Crippen LogP contribution in [0.15, 0.2) is 84.2 Å². The molecule has 18 heavy (non-hydrogen) atoms. The van der Waals surface area contributed by atoms with Crippen molar-refractivity contribution < 1.29 is 8.42 Å². The first kappa shape index (κ1) is 16.1. The summed E-state index contributed by atoms with van der Waals surface area (Å²) in [5.74, 6) is 0. The highest BCUT2D eigenvalue weighted by molar-refractivity contribution is 7.99. The quantitative estimate of drug-likeness (QED) is 0.653. The monoisotopic (exact) mass is 262 g/mol. The predicted molar refractivity (Wildman–Crippen MR) is 79.6 cm³/mol. The highest BCUT2D eigenvalue weighted by Crippen LogP contribution is 2.20. The summed E-state index contributed by atoms with van der Waals surface area (Å²) in [6.07, 6.45) is 13.5. The molecule has 0 saturated heterocycles. The van der Waals surface area contributed by atoms with E-state index in [-0.39, 0.29) is 9.81 Å². The highest BCUT2D eigenvalue weighted by Gasteiger charge is 2.18. The Bertz CT molecular complexity index is 527. The fourth-order valence-corrected chi connectivity index (χ4v) is 2.56. The molecule has 0 bridgehead atoms. The van der Waals surface area contributed by atoms with Crippen molar-refractivity contribution in [2.45, 2.75) is 6.92 Å². The van der Waals surface area contributed by atoms with Crippen molar-refractivity contribution in [1.82, 2.24) is 0 Å². The van der Waals surface area contributed by atoms with Gasteiger partial charge in [-0.15, -0.1) is 0 Å². The molecule has 96 valence electrons. The number of allylic oxidation sites excluding steroid dienone is 9. The molecule has 0 fully saturated rings. The van der Waals surface area contributed by atoms with Crippen molar-refractivity contribution in [3.63, 3.8) is 0 Å². The first-order valence-corrected chi connectivity index (χ1v) is 6.85. The topological polar surface area (TPSA) is 34.1 Å². The van der Waals surface area contributed by atoms with E-state index in [1.807, 2.05) is 0 Å². The molecule has 0 aromatic heterocycles. The predicted octanol–water partition coefficient (Wildman–Crippen LogP) is 3.86. The first-order chi connectivity index (χ1) is 8.54. The molecule has 0 aromatic carbocycles. The molecule has 0 saturated carbocycles. The molecule has 0 amide bonds. The van der Waals surface area contributed by atoms with Gasteiger partial charge in [-0.3, -0.25) is 0 Å². The molecule has 0 aliphatic heterocycles. The van der Waals surface area contributed by atoms with E-state index >= 15 is 0 Å². The molecule has 0 aliphatic carbocycles. The zero-order valence-electron chi connectivity index (χ0n) is 10.5. The minimum absolute atomic E-state index is 0.156. The summed E-state index contributed by atoms with van der Waals surface area (Å²) >= 11 is 0. The maximum atomic E-state index is 12.3. The first-order valence-electron chi connectivity index (χ1n) is 5.37. The van der Waals surface area contributed by atoms with Gasteiger partial charge >= 0.3 is 0 Å². The second kappa shape index (κ2) is 8.25. The normalized spacial score (nSPS) is 14.1. The van der Waals surface area contributed by atoms with E-state index in [0.29, 0.717) is 0 Å². The zero-order valence-corrected chi connectivity index (χ0v) is 11.4. The number of hydrogen-bond donors (Lipinski definition) is 0. The van der Waals surface area contributed by atoms with E-state index in [9.17, 15) is 8.42 Å². The molecule has 0 unspecified atom stereocenters. The fourth-order valence-electron chi connectivity index (χ4n) is 1.16. The van der Waals surface area contributed by atoms with Crippen LogP contribution < -0.4 is 0 Å². The van der Waals surface area contributed by atoms with E-state index in [0.717, 1.165) is 0 Å². The van der Waals surface area contributed by atoms with Crippen LogP contribution in [0.5, 0.6) is 0 Å². The number of rotatable bonds is 7. The lowest BCUT2D eigenvalue weighted by Crippen LogP contribution is -2.04. The van der Waals surface area contributed by atoms with E-state index in [4.69, 9.17) is 0 Å². The largest absolute Gasteiger partial charge is 0.219 e. The summed E-state index contributed by atoms with van der Waals surface area (Å²) in [6.45, 7) is 12.3. The van der Waals surface area contributed by atoms with Gasteiger partial charge in [-0.05, 0) is 31.2 Å². The van der Waals surface area contributed by atoms with E-state index < -0.39 is 9.84 Å². The molecule has 0 N–H and O–H groups in total. The highest BCUT2D eigenvalue weighted by atomic mass is 32.2. The third-order valence-electron chi connectivity index (χ3n) is 1.91. The molecule has 0 aliphatic rings. The second-order valence-corrected chi connectivity index (χ2v) is 5.16. The molecule has 3 heteroatoms. The van der Waals surface area contributed by atoms with Gasteiger partial charge in [0.25, 0.3) is 0 Å². The molecule has 0 aromatic rings. The Balaban J connectivity index is 5.83. The van der Waals surface area contributed by atoms with Gasteiger partial charge in [-0.25, -0.2) is 8.42 Å². The van der Waals surface area contributed by atoms with Gasteiger partial charge in [0.1, 0.15) is 0 Å². The van der Waals surface area contributed by atoms with Crippen molar-refractivity contribution in [3.05, 3.63) is 84.2 Å². The van der Waals surface area contributed by atoms with Crippen LogP contribution in [0.4, 0.5) is 0 Å². The molecular weight excluding hydrogens is 244 g/mol. The average molecular weight is 262 g/mol. The third kappa shape index (κ3) is 4.55. The lowest BCUT2D eigenvalue weighted by molar-refractivity contribution is 0.609. The zero-order chi connectivity index (χ0) is 14.0. The third-order valence-corrected chi connectivity index (χ3v) is 3.70. The smallest absolute Gasteiger partial charge is 0.206 e. The average Bonchev–Trinajstić information content (AvgIpc) is 2.34. The maximum Gasteiger partial charge on any atom is 0.206 e. The van der Waals surface area contributed by atoms with Crippen LogP contribution in [-0.2, 0) is 9.84 Å². The maximum absolute atomic E-state index is 12.3. The van der Waals surface area contributed by atoms with Crippen molar-refractivity contribution in [3.8, 4) is 0 Å². The minimum atomic E-state index is -3.56. The Morgan fingerprint density at radius 1 is 0.889 bits per heavy atom. The Morgan fingerprint density at radius 2 is 1.39 bits per heavy atom. The Hall–Kier alpha value is -1.87. The molecule has 2 nitrogen and oxygen atoms in total. The molecule has 0 radical (unpaired) electrons. The van der Waals surface area contributed by atoms with Crippen LogP contribution >= 0.6 is 0 Å². The van der Waals surface area contributed by atoms with Crippen molar-refractivity contribution in [1.29, 1.82) is 0 Å². The van der Waals surface area contributed by atoms with Gasteiger partial charge in [0.05, 0.1) is 9.81 Å². The van der Waals surface area contributed by atoms with Crippen LogP contribution in [-0.4, -0.2) is 8.42 Å². The number of hydrogen-bond acceptors (Lipinski definition) is 2. The molecule has 0 heterocycles. The van der Waals surface area contributed by atoms with Gasteiger partial charge in [0.15, 0.2) is 0 Å². The number of sulfone groups is 1. The lowest BCUT2D eigenvalue weighted by Gasteiger charge is -2.05. The molecule has 0 spiro atoms. The van der Waals surface area contributed by atoms with Crippen LogP contribution in [0.1, 0.15) is 6.92 Å². The summed E-state index contributed by atoms with van der Waals surface area (Å²) in [4.78, 5) is 0.338. The van der Waals surface area contributed by atoms with E-state index in [1.165, 1.54) is 42.5 Å². The SMILES string of the molecule is C=C/C=C\C(=C/C=C)S(=O)(=O)C(/C=C\C)=C/C=C. The minimum Gasteiger partial charge on any atom is -0.219 e. The Morgan fingerprint density at radius 3 is 1.78 bits per heavy atom. The summed E-state index contributed by atoms with van der Waals surface area (Å²) in [7, 11) is -3.56. The Kier molecular flexibility index (Phi) is 7.40.